The number of fused-ring (bicyclic) bond motifs is 2. The Balaban J connectivity index is 1.40. The van der Waals surface area contributed by atoms with Crippen LogP contribution in [0.3, 0.4) is 0 Å². The maximum atomic E-state index is 12.4. The highest BCUT2D eigenvalue weighted by atomic mass is 32.2. The lowest BCUT2D eigenvalue weighted by atomic mass is 9.88. The Morgan fingerprint density at radius 2 is 1.67 bits per heavy atom. The quantitative estimate of drug-likeness (QED) is 0.152. The van der Waals surface area contributed by atoms with Gasteiger partial charge < -0.3 is 14.4 Å². The van der Waals surface area contributed by atoms with Gasteiger partial charge in [0.05, 0.1) is 16.6 Å². The van der Waals surface area contributed by atoms with Crippen LogP contribution in [0.25, 0.3) is 32.9 Å². The molecule has 0 amide bonds. The number of aromatic nitrogens is 3. The molecule has 0 fully saturated rings. The van der Waals surface area contributed by atoms with Crippen LogP contribution >= 0.6 is 11.8 Å². The number of carboxylic acid groups (broad SMARTS) is 1. The molecule has 0 aliphatic rings. The lowest BCUT2D eigenvalue weighted by Gasteiger charge is -2.24. The van der Waals surface area contributed by atoms with Crippen molar-refractivity contribution in [1.29, 1.82) is 0 Å². The van der Waals surface area contributed by atoms with Crippen molar-refractivity contribution < 1.29 is 14.6 Å². The van der Waals surface area contributed by atoms with Crippen molar-refractivity contribution in [2.24, 2.45) is 5.41 Å². The highest BCUT2D eigenvalue weighted by Crippen LogP contribution is 2.44. The zero-order chi connectivity index (χ0) is 32.5. The topological polar surface area (TPSA) is 77.2 Å². The summed E-state index contributed by atoms with van der Waals surface area (Å²) in [6, 6.07) is 30.9. The summed E-state index contributed by atoms with van der Waals surface area (Å²) in [5.41, 5.74) is 6.23. The lowest BCUT2D eigenvalue weighted by Crippen LogP contribution is -2.28. The fourth-order valence-electron chi connectivity index (χ4n) is 5.58. The molecule has 0 bridgehead atoms. The van der Waals surface area contributed by atoms with E-state index in [1.165, 1.54) is 0 Å². The second-order valence-electron chi connectivity index (χ2n) is 13.3. The van der Waals surface area contributed by atoms with E-state index in [-0.39, 0.29) is 4.75 Å². The van der Waals surface area contributed by atoms with E-state index in [1.54, 1.807) is 31.8 Å². The first kappa shape index (κ1) is 31.4. The second kappa shape index (κ2) is 12.6. The van der Waals surface area contributed by atoms with Crippen LogP contribution in [0.4, 0.5) is 0 Å². The minimum absolute atomic E-state index is 0.0987. The van der Waals surface area contributed by atoms with Crippen molar-refractivity contribution in [2.45, 2.75) is 63.8 Å². The number of hydrogen-bond acceptors (Lipinski definition) is 5. The van der Waals surface area contributed by atoms with Crippen molar-refractivity contribution in [1.82, 2.24) is 14.5 Å². The number of carboxylic acids is 1. The standard InChI is InChI=1S/C39H39N3O3S/c1-38(2,3)46-36-32-21-31(45-25-30-17-16-28-9-6-7-11-33(28)41-30)18-19-34(32)42(35(36)22-39(4,5)37(43)44)24-26-12-14-27(15-13-26)29-10-8-20-40-23-29/h6-21,23H,22,24-25H2,1-5H3,(H,43,44). The van der Waals surface area contributed by atoms with Gasteiger partial charge in [-0.05, 0) is 66.9 Å². The largest absolute Gasteiger partial charge is 0.487 e. The molecule has 3 heterocycles. The number of hydrogen-bond donors (Lipinski definition) is 1. The molecule has 46 heavy (non-hydrogen) atoms. The third-order valence-corrected chi connectivity index (χ3v) is 9.29. The molecule has 3 aromatic carbocycles. The molecule has 0 aliphatic heterocycles. The molecule has 6 aromatic rings. The Hall–Kier alpha value is -4.62. The number of thioether (sulfide) groups is 1. The van der Waals surface area contributed by atoms with Crippen LogP contribution in [-0.2, 0) is 24.4 Å². The summed E-state index contributed by atoms with van der Waals surface area (Å²) in [4.78, 5) is 22.5. The molecule has 6 nitrogen and oxygen atoms in total. The number of aliphatic carboxylic acids is 1. The van der Waals surface area contributed by atoms with Crippen LogP contribution < -0.4 is 4.74 Å². The van der Waals surface area contributed by atoms with Crippen molar-refractivity contribution in [3.8, 4) is 16.9 Å². The maximum Gasteiger partial charge on any atom is 0.309 e. The summed E-state index contributed by atoms with van der Waals surface area (Å²) in [5.74, 6) is -0.0658. The molecule has 0 radical (unpaired) electrons. The zero-order valence-corrected chi connectivity index (χ0v) is 27.8. The maximum absolute atomic E-state index is 12.4. The van der Waals surface area contributed by atoms with Gasteiger partial charge in [0.15, 0.2) is 0 Å². The molecule has 234 valence electrons. The van der Waals surface area contributed by atoms with E-state index in [2.05, 4.69) is 84.9 Å². The van der Waals surface area contributed by atoms with Crippen LogP contribution in [0.15, 0.2) is 108 Å². The van der Waals surface area contributed by atoms with Crippen LogP contribution in [0, 0.1) is 5.41 Å². The number of rotatable bonds is 10. The molecule has 1 N–H and O–H groups in total. The molecule has 0 atom stereocenters. The monoisotopic (exact) mass is 629 g/mol. The third kappa shape index (κ3) is 6.95. The summed E-state index contributed by atoms with van der Waals surface area (Å²) in [6.07, 6.45) is 4.03. The highest BCUT2D eigenvalue weighted by Gasteiger charge is 2.33. The molecule has 0 spiro atoms. The van der Waals surface area contributed by atoms with Gasteiger partial charge in [0.25, 0.3) is 0 Å². The molecule has 6 rings (SSSR count). The highest BCUT2D eigenvalue weighted by molar-refractivity contribution is 8.00. The van der Waals surface area contributed by atoms with Gasteiger partial charge in [0.1, 0.15) is 12.4 Å². The Morgan fingerprint density at radius 1 is 0.891 bits per heavy atom. The molecular weight excluding hydrogens is 591 g/mol. The fraction of sp³-hybridized carbons (Fsp3) is 0.256. The predicted molar refractivity (Wildman–Crippen MR) is 188 cm³/mol. The van der Waals surface area contributed by atoms with Crippen LogP contribution in [0.1, 0.15) is 51.6 Å². The van der Waals surface area contributed by atoms with Crippen molar-refractivity contribution >= 4 is 39.5 Å². The number of para-hydroxylation sites is 1. The number of ether oxygens (including phenoxy) is 1. The summed E-state index contributed by atoms with van der Waals surface area (Å²) in [5, 5.41) is 12.3. The lowest BCUT2D eigenvalue weighted by molar-refractivity contribution is -0.146. The predicted octanol–water partition coefficient (Wildman–Crippen LogP) is 9.42. The van der Waals surface area contributed by atoms with Gasteiger partial charge in [0.2, 0.25) is 0 Å². The van der Waals surface area contributed by atoms with Gasteiger partial charge in [-0.3, -0.25) is 9.78 Å². The first-order chi connectivity index (χ1) is 22.0. The number of benzene rings is 3. The van der Waals surface area contributed by atoms with Crippen LogP contribution in [0.2, 0.25) is 0 Å². The minimum Gasteiger partial charge on any atom is -0.487 e. The van der Waals surface area contributed by atoms with E-state index in [9.17, 15) is 9.90 Å². The average Bonchev–Trinajstić information content (AvgIpc) is 3.29. The number of nitrogens with zero attached hydrogens (tertiary/aromatic N) is 3. The Labute approximate surface area is 274 Å². The van der Waals surface area contributed by atoms with Gasteiger partial charge in [-0.2, -0.15) is 0 Å². The minimum atomic E-state index is -0.954. The van der Waals surface area contributed by atoms with Crippen LogP contribution in [0.5, 0.6) is 5.75 Å². The van der Waals surface area contributed by atoms with Gasteiger partial charge in [-0.15, -0.1) is 11.8 Å². The smallest absolute Gasteiger partial charge is 0.309 e. The normalized spacial score (nSPS) is 12.1. The van der Waals surface area contributed by atoms with Gasteiger partial charge in [0, 0.05) is 57.0 Å². The molecule has 0 aliphatic carbocycles. The Kier molecular flexibility index (Phi) is 8.62. The molecule has 0 unspecified atom stereocenters. The SMILES string of the molecule is CC(C)(C)Sc1c(CC(C)(C)C(=O)O)n(Cc2ccc(-c3cccnc3)cc2)c2ccc(OCc3ccc4ccccc4n3)cc12. The van der Waals surface area contributed by atoms with E-state index < -0.39 is 11.4 Å². The van der Waals surface area contributed by atoms with E-state index in [0.29, 0.717) is 19.6 Å². The first-order valence-electron chi connectivity index (χ1n) is 15.5. The van der Waals surface area contributed by atoms with E-state index in [0.717, 1.165) is 60.5 Å². The van der Waals surface area contributed by atoms with E-state index in [1.807, 2.05) is 42.6 Å². The summed E-state index contributed by atoms with van der Waals surface area (Å²) in [7, 11) is 0. The molecule has 0 saturated carbocycles. The fourth-order valence-corrected chi connectivity index (χ4v) is 6.77. The van der Waals surface area contributed by atoms with Crippen LogP contribution in [-0.4, -0.2) is 30.4 Å². The van der Waals surface area contributed by atoms with Crippen molar-refractivity contribution in [3.63, 3.8) is 0 Å². The van der Waals surface area contributed by atoms with Gasteiger partial charge in [-0.1, -0.05) is 75.4 Å². The van der Waals surface area contributed by atoms with Crippen molar-refractivity contribution in [2.75, 3.05) is 0 Å². The van der Waals surface area contributed by atoms with Gasteiger partial charge >= 0.3 is 5.97 Å². The third-order valence-electron chi connectivity index (χ3n) is 8.02. The van der Waals surface area contributed by atoms with E-state index in [4.69, 9.17) is 9.72 Å². The van der Waals surface area contributed by atoms with E-state index >= 15 is 0 Å². The molecule has 7 heteroatoms. The zero-order valence-electron chi connectivity index (χ0n) is 26.9. The number of pyridine rings is 2. The Bertz CT molecular complexity index is 2010. The van der Waals surface area contributed by atoms with Gasteiger partial charge in [-0.25, -0.2) is 4.98 Å². The number of carbonyl (C=O) groups is 1. The molecule has 0 saturated heterocycles. The summed E-state index contributed by atoms with van der Waals surface area (Å²) in [6.45, 7) is 11.1. The van der Waals surface area contributed by atoms with Crippen molar-refractivity contribution in [3.05, 3.63) is 120 Å². The average molecular weight is 630 g/mol. The summed E-state index contributed by atoms with van der Waals surface area (Å²) < 4.78 is 8.51. The molecule has 3 aromatic heterocycles. The Morgan fingerprint density at radius 3 is 2.39 bits per heavy atom. The second-order valence-corrected chi connectivity index (χ2v) is 15.2. The molecular formula is C39H39N3O3S. The first-order valence-corrected chi connectivity index (χ1v) is 16.3. The summed E-state index contributed by atoms with van der Waals surface area (Å²) >= 11 is 1.78.